The van der Waals surface area contributed by atoms with E-state index in [0.29, 0.717) is 12.0 Å². The average molecular weight is 259 g/mol. The summed E-state index contributed by atoms with van der Waals surface area (Å²) < 4.78 is 13.3. The smallest absolute Gasteiger partial charge is 0.309 e. The van der Waals surface area contributed by atoms with Gasteiger partial charge in [0.15, 0.2) is 0 Å². The monoisotopic (exact) mass is 258 g/mol. The van der Waals surface area contributed by atoms with Gasteiger partial charge in [-0.25, -0.2) is 4.39 Å². The maximum Gasteiger partial charge on any atom is 0.309 e. The summed E-state index contributed by atoms with van der Waals surface area (Å²) in [5.74, 6) is -1.38. The number of aliphatic carboxylic acids is 1. The quantitative estimate of drug-likeness (QED) is 0.869. The first kappa shape index (κ1) is 14.0. The van der Waals surface area contributed by atoms with Gasteiger partial charge in [0.1, 0.15) is 5.82 Å². The minimum Gasteiger partial charge on any atom is -0.481 e. The van der Waals surface area contributed by atoms with Crippen molar-refractivity contribution >= 4 is 17.6 Å². The normalized spacial score (nSPS) is 14.4. The summed E-state index contributed by atoms with van der Waals surface area (Å²) in [6, 6.07) is 4.48. The van der Waals surface area contributed by atoms with Gasteiger partial charge < -0.3 is 5.11 Å². The largest absolute Gasteiger partial charge is 0.481 e. The highest BCUT2D eigenvalue weighted by atomic mass is 35.5. The summed E-state index contributed by atoms with van der Waals surface area (Å²) in [5.41, 5.74) is -0.350. The number of carboxylic acid groups (broad SMARTS) is 1. The standard InChI is InChI=1S/C13H16ClFO2/c1-3-7-13(2,12(16)17)8-9-5-4-6-10(15)11(9)14/h4-6H,3,7-8H2,1-2H3,(H,16,17). The van der Waals surface area contributed by atoms with E-state index in [-0.39, 0.29) is 11.4 Å². The number of rotatable bonds is 5. The minimum atomic E-state index is -0.897. The Kier molecular flexibility index (Phi) is 4.52. The van der Waals surface area contributed by atoms with Gasteiger partial charge in [0.2, 0.25) is 0 Å². The molecule has 0 aliphatic rings. The molecule has 0 aliphatic carbocycles. The van der Waals surface area contributed by atoms with E-state index >= 15 is 0 Å². The second-order valence-electron chi connectivity index (χ2n) is 4.51. The van der Waals surface area contributed by atoms with E-state index in [0.717, 1.165) is 6.42 Å². The van der Waals surface area contributed by atoms with Crippen LogP contribution < -0.4 is 0 Å². The number of carbonyl (C=O) groups is 1. The fraction of sp³-hybridized carbons (Fsp3) is 0.462. The molecular weight excluding hydrogens is 243 g/mol. The Morgan fingerprint density at radius 1 is 1.53 bits per heavy atom. The molecule has 0 radical (unpaired) electrons. The summed E-state index contributed by atoms with van der Waals surface area (Å²) in [6.07, 6.45) is 1.54. The average Bonchev–Trinajstić information content (AvgIpc) is 2.25. The van der Waals surface area contributed by atoms with Gasteiger partial charge in [-0.3, -0.25) is 4.79 Å². The van der Waals surface area contributed by atoms with Crippen molar-refractivity contribution in [3.8, 4) is 0 Å². The third-order valence-electron chi connectivity index (χ3n) is 2.93. The Morgan fingerprint density at radius 3 is 2.71 bits per heavy atom. The lowest BCUT2D eigenvalue weighted by molar-refractivity contribution is -0.148. The molecule has 0 saturated carbocycles. The zero-order valence-electron chi connectivity index (χ0n) is 9.96. The molecule has 0 saturated heterocycles. The van der Waals surface area contributed by atoms with Crippen LogP contribution >= 0.6 is 11.6 Å². The fourth-order valence-electron chi connectivity index (χ4n) is 1.93. The van der Waals surface area contributed by atoms with Crippen molar-refractivity contribution in [1.29, 1.82) is 0 Å². The molecule has 0 heterocycles. The van der Waals surface area contributed by atoms with Crippen LogP contribution in [0.1, 0.15) is 32.3 Å². The SMILES string of the molecule is CCCC(C)(Cc1cccc(F)c1Cl)C(=O)O. The zero-order chi connectivity index (χ0) is 13.1. The van der Waals surface area contributed by atoms with E-state index in [1.54, 1.807) is 19.1 Å². The molecule has 4 heteroatoms. The van der Waals surface area contributed by atoms with Crippen LogP contribution in [0, 0.1) is 11.2 Å². The van der Waals surface area contributed by atoms with Crippen molar-refractivity contribution in [2.75, 3.05) is 0 Å². The second kappa shape index (κ2) is 5.50. The molecule has 1 aromatic rings. The summed E-state index contributed by atoms with van der Waals surface area (Å²) in [4.78, 5) is 11.3. The van der Waals surface area contributed by atoms with Crippen LogP contribution in [0.4, 0.5) is 4.39 Å². The van der Waals surface area contributed by atoms with Gasteiger partial charge in [-0.1, -0.05) is 37.1 Å². The van der Waals surface area contributed by atoms with Crippen LogP contribution in [0.5, 0.6) is 0 Å². The van der Waals surface area contributed by atoms with Gasteiger partial charge in [-0.15, -0.1) is 0 Å². The van der Waals surface area contributed by atoms with E-state index in [9.17, 15) is 14.3 Å². The van der Waals surface area contributed by atoms with Gasteiger partial charge in [0.25, 0.3) is 0 Å². The predicted molar refractivity (Wildman–Crippen MR) is 65.8 cm³/mol. The molecule has 0 bridgehead atoms. The molecule has 1 aromatic carbocycles. The molecule has 0 fully saturated rings. The fourth-order valence-corrected chi connectivity index (χ4v) is 2.12. The molecule has 0 amide bonds. The van der Waals surface area contributed by atoms with E-state index in [2.05, 4.69) is 0 Å². The summed E-state index contributed by atoms with van der Waals surface area (Å²) >= 11 is 5.84. The van der Waals surface area contributed by atoms with Crippen molar-refractivity contribution in [1.82, 2.24) is 0 Å². The topological polar surface area (TPSA) is 37.3 Å². The highest BCUT2D eigenvalue weighted by Gasteiger charge is 2.33. The highest BCUT2D eigenvalue weighted by molar-refractivity contribution is 6.31. The molecule has 0 aromatic heterocycles. The Morgan fingerprint density at radius 2 is 2.18 bits per heavy atom. The van der Waals surface area contributed by atoms with Crippen LogP contribution in [0.2, 0.25) is 5.02 Å². The summed E-state index contributed by atoms with van der Waals surface area (Å²) in [5, 5.41) is 9.27. The summed E-state index contributed by atoms with van der Waals surface area (Å²) in [7, 11) is 0. The van der Waals surface area contributed by atoms with E-state index in [1.165, 1.54) is 6.07 Å². The van der Waals surface area contributed by atoms with Gasteiger partial charge in [-0.05, 0) is 31.4 Å². The van der Waals surface area contributed by atoms with Crippen molar-refractivity contribution < 1.29 is 14.3 Å². The van der Waals surface area contributed by atoms with Crippen molar-refractivity contribution in [3.05, 3.63) is 34.6 Å². The number of halogens is 2. The van der Waals surface area contributed by atoms with Crippen LogP contribution in [0.15, 0.2) is 18.2 Å². The third kappa shape index (κ3) is 3.19. The first-order valence-corrected chi connectivity index (χ1v) is 5.95. The molecule has 1 N–H and O–H groups in total. The lowest BCUT2D eigenvalue weighted by atomic mass is 9.80. The van der Waals surface area contributed by atoms with Crippen LogP contribution in [-0.4, -0.2) is 11.1 Å². The third-order valence-corrected chi connectivity index (χ3v) is 3.35. The molecule has 1 atom stereocenters. The molecule has 0 aliphatic heterocycles. The Balaban J connectivity index is 3.02. The molecule has 2 nitrogen and oxygen atoms in total. The maximum absolute atomic E-state index is 13.3. The van der Waals surface area contributed by atoms with E-state index in [1.807, 2.05) is 6.92 Å². The van der Waals surface area contributed by atoms with E-state index < -0.39 is 17.2 Å². The predicted octanol–water partition coefficient (Wildman–Crippen LogP) is 3.91. The second-order valence-corrected chi connectivity index (χ2v) is 4.88. The number of carboxylic acids is 1. The van der Waals surface area contributed by atoms with Gasteiger partial charge in [0, 0.05) is 0 Å². The van der Waals surface area contributed by atoms with Gasteiger partial charge in [0.05, 0.1) is 10.4 Å². The van der Waals surface area contributed by atoms with Crippen LogP contribution in [-0.2, 0) is 11.2 Å². The first-order valence-electron chi connectivity index (χ1n) is 5.57. The van der Waals surface area contributed by atoms with Crippen molar-refractivity contribution in [3.63, 3.8) is 0 Å². The number of benzene rings is 1. The van der Waals surface area contributed by atoms with Gasteiger partial charge >= 0.3 is 5.97 Å². The van der Waals surface area contributed by atoms with E-state index in [4.69, 9.17) is 11.6 Å². The van der Waals surface area contributed by atoms with Crippen molar-refractivity contribution in [2.24, 2.45) is 5.41 Å². The van der Waals surface area contributed by atoms with Crippen molar-refractivity contribution in [2.45, 2.75) is 33.1 Å². The first-order chi connectivity index (χ1) is 7.90. The molecule has 94 valence electrons. The molecule has 1 rings (SSSR count). The molecular formula is C13H16ClFO2. The number of hydrogen-bond acceptors (Lipinski definition) is 1. The zero-order valence-corrected chi connectivity index (χ0v) is 10.7. The molecule has 1 unspecified atom stereocenters. The Bertz CT molecular complexity index is 420. The van der Waals surface area contributed by atoms with Crippen LogP contribution in [0.25, 0.3) is 0 Å². The Hall–Kier alpha value is -1.09. The minimum absolute atomic E-state index is 0.0241. The highest BCUT2D eigenvalue weighted by Crippen LogP contribution is 2.32. The number of hydrogen-bond donors (Lipinski definition) is 1. The maximum atomic E-state index is 13.3. The molecule has 17 heavy (non-hydrogen) atoms. The van der Waals surface area contributed by atoms with Gasteiger partial charge in [-0.2, -0.15) is 0 Å². The Labute approximate surface area is 105 Å². The summed E-state index contributed by atoms with van der Waals surface area (Å²) in [6.45, 7) is 3.59. The molecule has 0 spiro atoms. The van der Waals surface area contributed by atoms with Crippen LogP contribution in [0.3, 0.4) is 0 Å². The lowest BCUT2D eigenvalue weighted by Gasteiger charge is -2.24. The lowest BCUT2D eigenvalue weighted by Crippen LogP contribution is -2.30.